The van der Waals surface area contributed by atoms with Crippen molar-refractivity contribution in [3.63, 3.8) is 0 Å². The SMILES string of the molecule is CCCOc1ccc(C2C(C(=O)c3sc(C)nc3C)=C(O)C(=O)N2c2nc(C)c(C(C)=O)s2)cc1. The van der Waals surface area contributed by atoms with Crippen LogP contribution in [0.4, 0.5) is 5.13 Å². The van der Waals surface area contributed by atoms with Crippen molar-refractivity contribution in [3.05, 3.63) is 67.3 Å². The van der Waals surface area contributed by atoms with E-state index < -0.39 is 23.5 Å². The number of aliphatic hydroxyl groups excluding tert-OH is 1. The molecule has 1 atom stereocenters. The highest BCUT2D eigenvalue weighted by Crippen LogP contribution is 2.44. The van der Waals surface area contributed by atoms with Gasteiger partial charge in [-0.2, -0.15) is 0 Å². The van der Waals surface area contributed by atoms with Crippen molar-refractivity contribution in [1.82, 2.24) is 9.97 Å². The first kappa shape index (κ1) is 24.7. The molecule has 1 unspecified atom stereocenters. The number of carbonyl (C=O) groups excluding carboxylic acids is 3. The summed E-state index contributed by atoms with van der Waals surface area (Å²) in [4.78, 5) is 49.9. The number of anilines is 1. The highest BCUT2D eigenvalue weighted by atomic mass is 32.1. The van der Waals surface area contributed by atoms with E-state index >= 15 is 0 Å². The molecule has 0 aliphatic carbocycles. The van der Waals surface area contributed by atoms with Crippen molar-refractivity contribution in [1.29, 1.82) is 0 Å². The number of benzene rings is 1. The summed E-state index contributed by atoms with van der Waals surface area (Å²) in [5.74, 6) is -1.35. The first-order valence-electron chi connectivity index (χ1n) is 11.1. The number of nitrogens with zero attached hydrogens (tertiary/aromatic N) is 3. The molecule has 8 nitrogen and oxygen atoms in total. The van der Waals surface area contributed by atoms with E-state index in [0.29, 0.717) is 44.1 Å². The van der Waals surface area contributed by atoms with E-state index in [9.17, 15) is 19.5 Å². The summed E-state index contributed by atoms with van der Waals surface area (Å²) in [6.07, 6.45) is 0.859. The summed E-state index contributed by atoms with van der Waals surface area (Å²) in [5, 5.41) is 11.9. The number of hydrogen-bond donors (Lipinski definition) is 1. The zero-order valence-corrected chi connectivity index (χ0v) is 21.7. The lowest BCUT2D eigenvalue weighted by Gasteiger charge is -2.24. The zero-order chi connectivity index (χ0) is 25.4. The van der Waals surface area contributed by atoms with Crippen molar-refractivity contribution in [2.45, 2.75) is 47.1 Å². The number of carbonyl (C=O) groups is 3. The molecule has 1 aliphatic heterocycles. The van der Waals surface area contributed by atoms with Crippen molar-refractivity contribution < 1.29 is 24.2 Å². The monoisotopic (exact) mass is 511 g/mol. The van der Waals surface area contributed by atoms with Crippen molar-refractivity contribution >= 4 is 45.3 Å². The summed E-state index contributed by atoms with van der Waals surface area (Å²) in [6, 6.07) is 6.13. The van der Waals surface area contributed by atoms with Crippen LogP contribution in [0.25, 0.3) is 0 Å². The van der Waals surface area contributed by atoms with Gasteiger partial charge in [-0.25, -0.2) is 9.97 Å². The summed E-state index contributed by atoms with van der Waals surface area (Å²) >= 11 is 2.28. The van der Waals surface area contributed by atoms with Gasteiger partial charge in [-0.3, -0.25) is 19.3 Å². The van der Waals surface area contributed by atoms with Crippen LogP contribution in [0.1, 0.15) is 67.6 Å². The lowest BCUT2D eigenvalue weighted by atomic mass is 9.95. The standard InChI is InChI=1S/C25H25N3O5S2/c1-6-11-33-17-9-7-16(8-10-17)19-18(20(30)23-13(3)26-15(5)34-23)21(31)24(32)28(19)25-27-12(2)22(35-25)14(4)29/h7-10,19,31H,6,11H2,1-5H3. The quantitative estimate of drug-likeness (QED) is 0.409. The van der Waals surface area contributed by atoms with Crippen LogP contribution in [-0.4, -0.2) is 39.2 Å². The molecule has 0 spiro atoms. The minimum atomic E-state index is -0.928. The maximum atomic E-state index is 13.7. The molecule has 0 saturated heterocycles. The molecule has 0 fully saturated rings. The number of thiazole rings is 2. The summed E-state index contributed by atoms with van der Waals surface area (Å²) in [7, 11) is 0. The Bertz CT molecular complexity index is 1350. The highest BCUT2D eigenvalue weighted by Gasteiger charge is 2.46. The van der Waals surface area contributed by atoms with Crippen LogP contribution in [0.3, 0.4) is 0 Å². The molecule has 3 aromatic rings. The molecule has 3 heterocycles. The molecule has 1 aromatic carbocycles. The molecule has 0 bridgehead atoms. The molecular weight excluding hydrogens is 486 g/mol. The Morgan fingerprint density at radius 1 is 1.06 bits per heavy atom. The van der Waals surface area contributed by atoms with Crippen LogP contribution in [0.5, 0.6) is 5.75 Å². The minimum absolute atomic E-state index is 0.0406. The first-order valence-corrected chi connectivity index (χ1v) is 12.7. The van der Waals surface area contributed by atoms with Crippen molar-refractivity contribution in [3.8, 4) is 5.75 Å². The number of hydrogen-bond acceptors (Lipinski definition) is 9. The number of Topliss-reactive ketones (excluding diaryl/α,β-unsaturated/α-hetero) is 2. The van der Waals surface area contributed by atoms with Gasteiger partial charge in [0.15, 0.2) is 16.7 Å². The van der Waals surface area contributed by atoms with E-state index in [4.69, 9.17) is 4.74 Å². The van der Waals surface area contributed by atoms with Gasteiger partial charge in [0.05, 0.1) is 44.4 Å². The first-order chi connectivity index (χ1) is 16.6. The van der Waals surface area contributed by atoms with E-state index in [1.165, 1.54) is 23.2 Å². The second-order valence-corrected chi connectivity index (χ2v) is 10.4. The van der Waals surface area contributed by atoms with Crippen LogP contribution in [-0.2, 0) is 4.79 Å². The molecule has 1 aliphatic rings. The van der Waals surface area contributed by atoms with Crippen LogP contribution in [0.15, 0.2) is 35.6 Å². The molecule has 1 amide bonds. The lowest BCUT2D eigenvalue weighted by molar-refractivity contribution is -0.117. The predicted molar refractivity (Wildman–Crippen MR) is 135 cm³/mol. The summed E-state index contributed by atoms with van der Waals surface area (Å²) in [6.45, 7) is 9.21. The van der Waals surface area contributed by atoms with Crippen LogP contribution in [0, 0.1) is 20.8 Å². The number of aromatic nitrogens is 2. The van der Waals surface area contributed by atoms with Gasteiger partial charge in [0, 0.05) is 6.92 Å². The zero-order valence-electron chi connectivity index (χ0n) is 20.0. The van der Waals surface area contributed by atoms with Gasteiger partial charge in [0.1, 0.15) is 5.75 Å². The van der Waals surface area contributed by atoms with Gasteiger partial charge in [-0.1, -0.05) is 30.4 Å². The second-order valence-electron chi connectivity index (χ2n) is 8.20. The van der Waals surface area contributed by atoms with E-state index in [1.54, 1.807) is 45.0 Å². The molecule has 1 N–H and O–H groups in total. The van der Waals surface area contributed by atoms with Gasteiger partial charge in [0.25, 0.3) is 5.91 Å². The molecule has 0 saturated carbocycles. The third-order valence-corrected chi connectivity index (χ3v) is 7.87. The Kier molecular flexibility index (Phi) is 6.86. The fourth-order valence-electron chi connectivity index (χ4n) is 3.99. The molecule has 10 heteroatoms. The number of ketones is 2. The Balaban J connectivity index is 1.85. The van der Waals surface area contributed by atoms with E-state index in [0.717, 1.165) is 17.8 Å². The maximum absolute atomic E-state index is 13.7. The fraction of sp³-hybridized carbons (Fsp3) is 0.320. The summed E-state index contributed by atoms with van der Waals surface area (Å²) < 4.78 is 5.67. The van der Waals surface area contributed by atoms with Crippen molar-refractivity contribution in [2.24, 2.45) is 0 Å². The average Bonchev–Trinajstić information content (AvgIpc) is 3.45. The van der Waals surface area contributed by atoms with Crippen LogP contribution >= 0.6 is 22.7 Å². The third kappa shape index (κ3) is 4.51. The fourth-order valence-corrected chi connectivity index (χ4v) is 5.86. The normalized spacial score (nSPS) is 15.7. The number of amides is 1. The number of aryl methyl sites for hydroxylation is 3. The van der Waals surface area contributed by atoms with Crippen molar-refractivity contribution in [2.75, 3.05) is 11.5 Å². The predicted octanol–water partition coefficient (Wildman–Crippen LogP) is 5.30. The molecule has 0 radical (unpaired) electrons. The van der Waals surface area contributed by atoms with Crippen LogP contribution < -0.4 is 9.64 Å². The van der Waals surface area contributed by atoms with E-state index in [-0.39, 0.29) is 16.5 Å². The topological polar surface area (TPSA) is 110 Å². The average molecular weight is 512 g/mol. The Morgan fingerprint density at radius 3 is 2.26 bits per heavy atom. The lowest BCUT2D eigenvalue weighted by Crippen LogP contribution is -2.31. The van der Waals surface area contributed by atoms with Gasteiger partial charge >= 0.3 is 0 Å². The highest BCUT2D eigenvalue weighted by molar-refractivity contribution is 7.17. The Morgan fingerprint density at radius 2 is 1.71 bits per heavy atom. The van der Waals surface area contributed by atoms with Gasteiger partial charge in [0.2, 0.25) is 5.78 Å². The third-order valence-electron chi connectivity index (χ3n) is 5.54. The summed E-state index contributed by atoms with van der Waals surface area (Å²) in [5.41, 5.74) is 1.59. The smallest absolute Gasteiger partial charge is 0.296 e. The second kappa shape index (κ2) is 9.71. The Hall–Kier alpha value is -3.37. The Labute approximate surface area is 210 Å². The molecule has 35 heavy (non-hydrogen) atoms. The number of aliphatic hydroxyl groups is 1. The molecule has 2 aromatic heterocycles. The van der Waals surface area contributed by atoms with E-state index in [1.807, 2.05) is 6.92 Å². The van der Waals surface area contributed by atoms with Gasteiger partial charge in [-0.05, 0) is 44.9 Å². The number of ether oxygens (including phenoxy) is 1. The molecule has 4 rings (SSSR count). The molecular formula is C25H25N3O5S2. The minimum Gasteiger partial charge on any atom is -0.503 e. The maximum Gasteiger partial charge on any atom is 0.296 e. The number of rotatable bonds is 8. The van der Waals surface area contributed by atoms with Crippen LogP contribution in [0.2, 0.25) is 0 Å². The van der Waals surface area contributed by atoms with E-state index in [2.05, 4.69) is 9.97 Å². The van der Waals surface area contributed by atoms with Gasteiger partial charge in [-0.15, -0.1) is 11.3 Å². The molecule has 182 valence electrons. The van der Waals surface area contributed by atoms with Gasteiger partial charge < -0.3 is 9.84 Å². The largest absolute Gasteiger partial charge is 0.503 e.